The van der Waals surface area contributed by atoms with E-state index in [1.54, 1.807) is 30.3 Å². The average Bonchev–Trinajstić information content (AvgIpc) is 2.07. The molecule has 0 aliphatic carbocycles. The van der Waals surface area contributed by atoms with Crippen molar-refractivity contribution in [2.75, 3.05) is 0 Å². The first-order valence-corrected chi connectivity index (χ1v) is 3.04. The van der Waals surface area contributed by atoms with Gasteiger partial charge < -0.3 is 4.74 Å². The summed E-state index contributed by atoms with van der Waals surface area (Å²) < 4.78 is 4.11. The molecule has 0 fully saturated rings. The molecule has 0 atom stereocenters. The molecule has 1 aromatic rings. The van der Waals surface area contributed by atoms with E-state index in [0.29, 0.717) is 5.56 Å². The van der Waals surface area contributed by atoms with Crippen LogP contribution in [-0.4, -0.2) is 79.7 Å². The van der Waals surface area contributed by atoms with Crippen LogP contribution in [0, 0.1) is 0 Å². The zero-order valence-electron chi connectivity index (χ0n) is 5.69. The maximum atomic E-state index is 10.8. The van der Waals surface area contributed by atoms with Gasteiger partial charge in [-0.2, -0.15) is 0 Å². The predicted molar refractivity (Wildman–Crippen MR) is 53.6 cm³/mol. The van der Waals surface area contributed by atoms with Crippen molar-refractivity contribution in [3.63, 3.8) is 0 Å². The molecule has 5 heteroatoms. The van der Waals surface area contributed by atoms with Gasteiger partial charge in [0.05, 0.1) is 5.56 Å². The minimum atomic E-state index is -0.624. The van der Waals surface area contributed by atoms with Gasteiger partial charge in [-0.05, 0) is 12.1 Å². The molecule has 3 nitrogen and oxygen atoms in total. The second kappa shape index (κ2) is 9.19. The van der Waals surface area contributed by atoms with Gasteiger partial charge in [-0.25, -0.2) is 4.79 Å². The molecule has 0 aliphatic heterocycles. The Morgan fingerprint density at radius 1 is 1.23 bits per heavy atom. The average molecular weight is 216 g/mol. The van der Waals surface area contributed by atoms with Crippen molar-refractivity contribution in [3.8, 4) is 0 Å². The van der Waals surface area contributed by atoms with Crippen LogP contribution in [0.3, 0.4) is 0 Å². The number of carbonyl (C=O) groups is 2. The summed E-state index contributed by atoms with van der Waals surface area (Å²) in [6, 6.07) is 8.32. The van der Waals surface area contributed by atoms with Crippen LogP contribution in [0.25, 0.3) is 0 Å². The topological polar surface area (TPSA) is 43.4 Å². The van der Waals surface area contributed by atoms with Crippen molar-refractivity contribution in [2.24, 2.45) is 0 Å². The van der Waals surface area contributed by atoms with Gasteiger partial charge in [0, 0.05) is 0 Å². The fourth-order valence-electron chi connectivity index (χ4n) is 0.686. The van der Waals surface area contributed by atoms with Gasteiger partial charge in [-0.3, -0.25) is 4.79 Å². The molecular formula is C8H9CaNaO3. The van der Waals surface area contributed by atoms with E-state index in [1.807, 2.05) is 0 Å². The van der Waals surface area contributed by atoms with Crippen molar-refractivity contribution in [1.82, 2.24) is 0 Å². The Bertz CT molecular complexity index is 263. The molecule has 0 aromatic heterocycles. The third-order valence-electron chi connectivity index (χ3n) is 1.16. The Kier molecular flexibility index (Phi) is 11.4. The van der Waals surface area contributed by atoms with Crippen LogP contribution >= 0.6 is 0 Å². The second-order valence-electron chi connectivity index (χ2n) is 1.87. The predicted octanol–water partition coefficient (Wildman–Crippen LogP) is -0.565. The number of hydrogen-bond acceptors (Lipinski definition) is 3. The fraction of sp³-hybridized carbons (Fsp3) is 0. The number of benzene rings is 1. The van der Waals surface area contributed by atoms with Crippen molar-refractivity contribution in [3.05, 3.63) is 35.9 Å². The van der Waals surface area contributed by atoms with Crippen molar-refractivity contribution in [2.45, 2.75) is 0 Å². The van der Waals surface area contributed by atoms with E-state index in [1.165, 1.54) is 0 Å². The van der Waals surface area contributed by atoms with Gasteiger partial charge in [0.25, 0.3) is 0 Å². The van der Waals surface area contributed by atoms with Crippen LogP contribution in [-0.2, 0) is 9.53 Å². The van der Waals surface area contributed by atoms with E-state index in [2.05, 4.69) is 4.74 Å². The Morgan fingerprint density at radius 2 is 1.77 bits per heavy atom. The first-order chi connectivity index (χ1) is 5.34. The molecule has 0 saturated heterocycles. The fourth-order valence-corrected chi connectivity index (χ4v) is 0.686. The van der Waals surface area contributed by atoms with Gasteiger partial charge in [-0.1, -0.05) is 18.2 Å². The quantitative estimate of drug-likeness (QED) is 0.288. The number of carbonyl (C=O) groups excluding carboxylic acids is 2. The van der Waals surface area contributed by atoms with E-state index < -0.39 is 5.97 Å². The summed E-state index contributed by atoms with van der Waals surface area (Å²) in [6.45, 7) is 0.120. The van der Waals surface area contributed by atoms with Crippen LogP contribution in [0.15, 0.2) is 30.3 Å². The summed E-state index contributed by atoms with van der Waals surface area (Å²) in [7, 11) is 0. The molecule has 0 amide bonds. The summed E-state index contributed by atoms with van der Waals surface area (Å²) >= 11 is 0. The molecule has 0 spiro atoms. The van der Waals surface area contributed by atoms with E-state index in [4.69, 9.17) is 0 Å². The standard InChI is InChI=1S/C8H6O3.Ca.Na.3H/c9-6-11-8(10)7-4-2-1-3-5-7;;;;;/h1-6H;;;;;. The first kappa shape index (κ1) is 16.1. The van der Waals surface area contributed by atoms with E-state index in [9.17, 15) is 9.59 Å². The van der Waals surface area contributed by atoms with E-state index in [-0.39, 0.29) is 73.8 Å². The Hall–Kier alpha value is 0.620. The molecule has 0 bridgehead atoms. The summed E-state index contributed by atoms with van der Waals surface area (Å²) in [5.41, 5.74) is 0.375. The van der Waals surface area contributed by atoms with Gasteiger partial charge in [-0.15, -0.1) is 0 Å². The molecular weight excluding hydrogens is 207 g/mol. The van der Waals surface area contributed by atoms with Gasteiger partial charge in [0.15, 0.2) is 0 Å². The van der Waals surface area contributed by atoms with Gasteiger partial charge in [0.1, 0.15) is 0 Å². The summed E-state index contributed by atoms with van der Waals surface area (Å²) in [5, 5.41) is 0. The summed E-state index contributed by atoms with van der Waals surface area (Å²) in [4.78, 5) is 20.5. The normalized spacial score (nSPS) is 7.38. The van der Waals surface area contributed by atoms with Gasteiger partial charge >= 0.3 is 79.7 Å². The van der Waals surface area contributed by atoms with Crippen LogP contribution in [0.5, 0.6) is 0 Å². The monoisotopic (exact) mass is 216 g/mol. The van der Waals surface area contributed by atoms with Crippen molar-refractivity contribution >= 4 is 79.7 Å². The molecule has 0 unspecified atom stereocenters. The number of hydrogen-bond donors (Lipinski definition) is 0. The van der Waals surface area contributed by atoms with Crippen LogP contribution in [0.4, 0.5) is 0 Å². The van der Waals surface area contributed by atoms with Gasteiger partial charge in [0.2, 0.25) is 0 Å². The SMILES string of the molecule is O=COC(=O)c1ccccc1.[CaH2].[NaH]. The number of ether oxygens (including phenoxy) is 1. The molecule has 62 valence electrons. The first-order valence-electron chi connectivity index (χ1n) is 3.04. The van der Waals surface area contributed by atoms with Crippen molar-refractivity contribution in [1.29, 1.82) is 0 Å². The molecule has 0 radical (unpaired) electrons. The molecule has 0 heterocycles. The molecule has 13 heavy (non-hydrogen) atoms. The number of esters is 1. The van der Waals surface area contributed by atoms with E-state index in [0.717, 1.165) is 0 Å². The second-order valence-corrected chi connectivity index (χ2v) is 1.87. The Labute approximate surface area is 128 Å². The molecule has 0 N–H and O–H groups in total. The summed E-state index contributed by atoms with van der Waals surface area (Å²) in [6.07, 6.45) is 0. The zero-order valence-corrected chi connectivity index (χ0v) is 5.69. The van der Waals surface area contributed by atoms with Crippen LogP contribution in [0.1, 0.15) is 10.4 Å². The molecule has 0 saturated carbocycles. The molecule has 1 aromatic carbocycles. The van der Waals surface area contributed by atoms with Crippen LogP contribution < -0.4 is 0 Å². The summed E-state index contributed by atoms with van der Waals surface area (Å²) in [5.74, 6) is -0.624. The van der Waals surface area contributed by atoms with E-state index >= 15 is 0 Å². The Balaban J connectivity index is 0. The zero-order chi connectivity index (χ0) is 8.10. The molecule has 1 rings (SSSR count). The maximum absolute atomic E-state index is 10.8. The van der Waals surface area contributed by atoms with Crippen LogP contribution in [0.2, 0.25) is 0 Å². The third kappa shape index (κ3) is 5.83. The minimum absolute atomic E-state index is 0. The number of rotatable bonds is 2. The van der Waals surface area contributed by atoms with Crippen molar-refractivity contribution < 1.29 is 14.3 Å². The Morgan fingerprint density at radius 3 is 2.23 bits per heavy atom. The molecule has 0 aliphatic rings. The third-order valence-corrected chi connectivity index (χ3v) is 1.16.